The molecule has 2 aromatic carbocycles. The lowest BCUT2D eigenvalue weighted by molar-refractivity contribution is -0.0332. The van der Waals surface area contributed by atoms with Crippen LogP contribution < -0.4 is 5.32 Å². The molecule has 0 bridgehead atoms. The third-order valence-electron chi connectivity index (χ3n) is 3.89. The van der Waals surface area contributed by atoms with Crippen LogP contribution in [0.4, 0.5) is 5.69 Å². The summed E-state index contributed by atoms with van der Waals surface area (Å²) in [5.74, 6) is 0. The van der Waals surface area contributed by atoms with Crippen LogP contribution in [0.15, 0.2) is 54.6 Å². The van der Waals surface area contributed by atoms with Gasteiger partial charge in [-0.1, -0.05) is 41.9 Å². The first-order valence-electron chi connectivity index (χ1n) is 7.27. The zero-order valence-corrected chi connectivity index (χ0v) is 12.9. The molecule has 0 aromatic heterocycles. The second-order valence-corrected chi connectivity index (χ2v) is 6.04. The van der Waals surface area contributed by atoms with Crippen LogP contribution in [0.25, 0.3) is 4.85 Å². The maximum absolute atomic E-state index is 7.47. The summed E-state index contributed by atoms with van der Waals surface area (Å²) in [5.41, 5.74) is 1.53. The van der Waals surface area contributed by atoms with E-state index in [0.29, 0.717) is 24.5 Å². The number of nitrogens with zero attached hydrogens (tertiary/aromatic N) is 1. The molecule has 0 radical (unpaired) electrons. The number of ether oxygens (including phenoxy) is 1. The van der Waals surface area contributed by atoms with Gasteiger partial charge in [0.15, 0.2) is 0 Å². The molecule has 4 heteroatoms. The van der Waals surface area contributed by atoms with Gasteiger partial charge >= 0.3 is 5.66 Å². The van der Waals surface area contributed by atoms with Gasteiger partial charge in [0, 0.05) is 10.7 Å². The van der Waals surface area contributed by atoms with Gasteiger partial charge < -0.3 is 10.1 Å². The fraction of sp³-hybridized carbons (Fsp3) is 0.278. The van der Waals surface area contributed by atoms with E-state index in [1.807, 2.05) is 54.6 Å². The number of hydrogen-bond acceptors (Lipinski definition) is 2. The molecule has 1 aliphatic carbocycles. The molecule has 0 aliphatic heterocycles. The Morgan fingerprint density at radius 3 is 2.45 bits per heavy atom. The first-order chi connectivity index (χ1) is 10.7. The van der Waals surface area contributed by atoms with Crippen molar-refractivity contribution in [3.05, 3.63) is 76.6 Å². The van der Waals surface area contributed by atoms with Crippen molar-refractivity contribution in [3.8, 4) is 0 Å². The SMILES string of the molecule is [C-]#[N+]C1(Nc2ccc(Cl)cc2)CC(OCc2ccccc2)C1. The van der Waals surface area contributed by atoms with E-state index in [1.165, 1.54) is 0 Å². The lowest BCUT2D eigenvalue weighted by atomic mass is 9.82. The molecule has 1 N–H and O–H groups in total. The largest absolute Gasteiger partial charge is 0.373 e. The Kier molecular flexibility index (Phi) is 4.33. The molecule has 0 saturated heterocycles. The highest BCUT2D eigenvalue weighted by Crippen LogP contribution is 2.39. The molecule has 0 atom stereocenters. The third-order valence-corrected chi connectivity index (χ3v) is 4.15. The average molecular weight is 313 g/mol. The maximum Gasteiger partial charge on any atom is 0.310 e. The van der Waals surface area contributed by atoms with E-state index in [2.05, 4.69) is 10.2 Å². The van der Waals surface area contributed by atoms with Crippen molar-refractivity contribution < 1.29 is 4.74 Å². The Morgan fingerprint density at radius 2 is 1.82 bits per heavy atom. The average Bonchev–Trinajstić information content (AvgIpc) is 2.52. The van der Waals surface area contributed by atoms with Gasteiger partial charge in [0.2, 0.25) is 0 Å². The molecule has 1 fully saturated rings. The summed E-state index contributed by atoms with van der Waals surface area (Å²) in [6.45, 7) is 8.06. The predicted molar refractivity (Wildman–Crippen MR) is 88.7 cm³/mol. The molecule has 1 aliphatic rings. The minimum Gasteiger partial charge on any atom is -0.373 e. The topological polar surface area (TPSA) is 25.6 Å². The van der Waals surface area contributed by atoms with Crippen molar-refractivity contribution in [1.82, 2.24) is 0 Å². The highest BCUT2D eigenvalue weighted by atomic mass is 35.5. The molecular formula is C18H17ClN2O. The Labute approximate surface area is 135 Å². The van der Waals surface area contributed by atoms with E-state index < -0.39 is 5.66 Å². The number of nitrogens with one attached hydrogen (secondary N) is 1. The Bertz CT molecular complexity index is 658. The van der Waals surface area contributed by atoms with Gasteiger partial charge in [-0.05, 0) is 29.8 Å². The summed E-state index contributed by atoms with van der Waals surface area (Å²) in [6, 6.07) is 17.5. The summed E-state index contributed by atoms with van der Waals surface area (Å²) < 4.78 is 5.87. The monoisotopic (exact) mass is 312 g/mol. The highest BCUT2D eigenvalue weighted by Gasteiger charge is 2.51. The molecule has 22 heavy (non-hydrogen) atoms. The summed E-state index contributed by atoms with van der Waals surface area (Å²) in [6.07, 6.45) is 1.53. The molecule has 3 rings (SSSR count). The van der Waals surface area contributed by atoms with Crippen molar-refractivity contribution in [2.75, 3.05) is 5.32 Å². The van der Waals surface area contributed by atoms with E-state index >= 15 is 0 Å². The van der Waals surface area contributed by atoms with Gasteiger partial charge in [-0.2, -0.15) is 0 Å². The number of anilines is 1. The minimum atomic E-state index is -0.546. The molecule has 1 saturated carbocycles. The first kappa shape index (κ1) is 14.9. The summed E-state index contributed by atoms with van der Waals surface area (Å²) in [5, 5.41) is 4.00. The second kappa shape index (κ2) is 6.39. The van der Waals surface area contributed by atoms with Crippen LogP contribution in [0.3, 0.4) is 0 Å². The van der Waals surface area contributed by atoms with E-state index in [-0.39, 0.29) is 6.10 Å². The molecular weight excluding hydrogens is 296 g/mol. The minimum absolute atomic E-state index is 0.133. The van der Waals surface area contributed by atoms with Crippen molar-refractivity contribution in [2.24, 2.45) is 0 Å². The Hall–Kier alpha value is -2.02. The fourth-order valence-electron chi connectivity index (χ4n) is 2.62. The first-order valence-corrected chi connectivity index (χ1v) is 7.65. The predicted octanol–water partition coefficient (Wildman–Crippen LogP) is 4.75. The molecule has 0 unspecified atom stereocenters. The van der Waals surface area contributed by atoms with Crippen LogP contribution in [0.2, 0.25) is 5.02 Å². The van der Waals surface area contributed by atoms with Gasteiger partial charge in [0.25, 0.3) is 0 Å². The van der Waals surface area contributed by atoms with Crippen LogP contribution >= 0.6 is 11.6 Å². The van der Waals surface area contributed by atoms with Gasteiger partial charge in [-0.25, -0.2) is 6.57 Å². The molecule has 0 amide bonds. The number of rotatable bonds is 5. The summed E-state index contributed by atoms with van der Waals surface area (Å²) in [4.78, 5) is 3.77. The van der Waals surface area contributed by atoms with Crippen LogP contribution in [0, 0.1) is 6.57 Å². The number of benzene rings is 2. The van der Waals surface area contributed by atoms with Crippen molar-refractivity contribution >= 4 is 17.3 Å². The van der Waals surface area contributed by atoms with Crippen LogP contribution in [0.1, 0.15) is 18.4 Å². The van der Waals surface area contributed by atoms with Gasteiger partial charge in [-0.15, -0.1) is 0 Å². The lowest BCUT2D eigenvalue weighted by Crippen LogP contribution is -2.51. The zero-order chi connectivity index (χ0) is 15.4. The van der Waals surface area contributed by atoms with Crippen molar-refractivity contribution in [2.45, 2.75) is 31.2 Å². The van der Waals surface area contributed by atoms with Crippen LogP contribution in [-0.4, -0.2) is 11.8 Å². The standard InChI is InChI=1S/C18H17ClN2O/c1-20-18(21-16-9-7-15(19)8-10-16)11-17(12-18)22-13-14-5-3-2-4-6-14/h2-10,17,21H,11-13H2. The Morgan fingerprint density at radius 1 is 1.14 bits per heavy atom. The quantitative estimate of drug-likeness (QED) is 0.806. The van der Waals surface area contributed by atoms with Crippen molar-refractivity contribution in [3.63, 3.8) is 0 Å². The van der Waals surface area contributed by atoms with E-state index in [1.54, 1.807) is 0 Å². The smallest absolute Gasteiger partial charge is 0.310 e. The molecule has 3 nitrogen and oxygen atoms in total. The Balaban J connectivity index is 1.53. The molecule has 112 valence electrons. The number of halogens is 1. The van der Waals surface area contributed by atoms with Gasteiger partial charge in [0.05, 0.1) is 25.6 Å². The zero-order valence-electron chi connectivity index (χ0n) is 12.1. The summed E-state index contributed by atoms with van der Waals surface area (Å²) >= 11 is 5.88. The maximum atomic E-state index is 7.47. The van der Waals surface area contributed by atoms with E-state index in [0.717, 1.165) is 11.3 Å². The van der Waals surface area contributed by atoms with Crippen molar-refractivity contribution in [1.29, 1.82) is 0 Å². The van der Waals surface area contributed by atoms with E-state index in [4.69, 9.17) is 22.9 Å². The highest BCUT2D eigenvalue weighted by molar-refractivity contribution is 6.30. The molecule has 2 aromatic rings. The lowest BCUT2D eigenvalue weighted by Gasteiger charge is -2.38. The molecule has 0 spiro atoms. The third kappa shape index (κ3) is 3.41. The number of hydrogen-bond donors (Lipinski definition) is 1. The van der Waals surface area contributed by atoms with Gasteiger partial charge in [0.1, 0.15) is 0 Å². The second-order valence-electron chi connectivity index (χ2n) is 5.60. The van der Waals surface area contributed by atoms with Gasteiger partial charge in [-0.3, -0.25) is 4.85 Å². The van der Waals surface area contributed by atoms with Crippen LogP contribution in [0.5, 0.6) is 0 Å². The molecule has 0 heterocycles. The normalized spacial score (nSPS) is 23.4. The fourth-order valence-corrected chi connectivity index (χ4v) is 2.75. The van der Waals surface area contributed by atoms with E-state index in [9.17, 15) is 0 Å². The van der Waals surface area contributed by atoms with Crippen LogP contribution in [-0.2, 0) is 11.3 Å². The summed E-state index contributed by atoms with van der Waals surface area (Å²) in [7, 11) is 0.